The van der Waals surface area contributed by atoms with Gasteiger partial charge in [-0.3, -0.25) is 4.79 Å². The fourth-order valence-electron chi connectivity index (χ4n) is 2.27. The minimum absolute atomic E-state index is 0.0401. The number of rotatable bonds is 2. The molecule has 2 aliphatic heterocycles. The minimum atomic E-state index is -2.98. The van der Waals surface area contributed by atoms with E-state index in [1.165, 1.54) is 0 Å². The van der Waals surface area contributed by atoms with Crippen molar-refractivity contribution in [3.63, 3.8) is 0 Å². The molecule has 16 heavy (non-hydrogen) atoms. The maximum Gasteiger partial charge on any atom is 0.249 e. The summed E-state index contributed by atoms with van der Waals surface area (Å²) in [6.45, 7) is 2.40. The molecular formula is C10H17NO4S. The van der Waals surface area contributed by atoms with E-state index in [-0.39, 0.29) is 23.5 Å². The van der Waals surface area contributed by atoms with Gasteiger partial charge in [0.1, 0.15) is 6.10 Å². The zero-order valence-electron chi connectivity index (χ0n) is 9.36. The highest BCUT2D eigenvalue weighted by atomic mass is 32.2. The monoisotopic (exact) mass is 247 g/mol. The van der Waals surface area contributed by atoms with Gasteiger partial charge in [0.2, 0.25) is 5.91 Å². The summed E-state index contributed by atoms with van der Waals surface area (Å²) in [5.74, 6) is 0.0328. The first-order valence-electron chi connectivity index (χ1n) is 5.54. The first-order chi connectivity index (χ1) is 7.40. The highest BCUT2D eigenvalue weighted by Crippen LogP contribution is 2.23. The van der Waals surface area contributed by atoms with Gasteiger partial charge >= 0.3 is 0 Å². The molecule has 1 amide bonds. The number of hydrogen-bond acceptors (Lipinski definition) is 4. The van der Waals surface area contributed by atoms with Crippen molar-refractivity contribution in [1.29, 1.82) is 0 Å². The molecule has 0 aromatic carbocycles. The van der Waals surface area contributed by atoms with Crippen LogP contribution >= 0.6 is 0 Å². The number of nitrogens with one attached hydrogen (secondary N) is 1. The molecule has 5 nitrogen and oxygen atoms in total. The zero-order chi connectivity index (χ0) is 11.8. The Morgan fingerprint density at radius 2 is 2.25 bits per heavy atom. The Kier molecular flexibility index (Phi) is 2.96. The molecule has 2 fully saturated rings. The third-order valence-corrected chi connectivity index (χ3v) is 5.05. The van der Waals surface area contributed by atoms with Gasteiger partial charge in [0.15, 0.2) is 9.84 Å². The van der Waals surface area contributed by atoms with Crippen molar-refractivity contribution in [3.05, 3.63) is 0 Å². The Balaban J connectivity index is 1.96. The number of ether oxygens (including phenoxy) is 1. The van der Waals surface area contributed by atoms with Gasteiger partial charge in [0.25, 0.3) is 0 Å². The molecule has 92 valence electrons. The highest BCUT2D eigenvalue weighted by molar-refractivity contribution is 7.91. The molecule has 0 aromatic rings. The van der Waals surface area contributed by atoms with Crippen molar-refractivity contribution in [1.82, 2.24) is 5.32 Å². The number of amides is 1. The van der Waals surface area contributed by atoms with Gasteiger partial charge in [-0.05, 0) is 26.2 Å². The summed E-state index contributed by atoms with van der Waals surface area (Å²) >= 11 is 0. The second-order valence-corrected chi connectivity index (χ2v) is 7.08. The predicted molar refractivity (Wildman–Crippen MR) is 58.8 cm³/mol. The third kappa shape index (κ3) is 2.55. The summed E-state index contributed by atoms with van der Waals surface area (Å²) in [6.07, 6.45) is 1.73. The van der Waals surface area contributed by atoms with Crippen LogP contribution in [0.3, 0.4) is 0 Å². The van der Waals surface area contributed by atoms with Crippen molar-refractivity contribution < 1.29 is 17.9 Å². The average Bonchev–Trinajstić information content (AvgIpc) is 2.73. The summed E-state index contributed by atoms with van der Waals surface area (Å²) in [7, 11) is -2.98. The van der Waals surface area contributed by atoms with Gasteiger partial charge in [0.05, 0.1) is 17.0 Å². The molecule has 0 radical (unpaired) electrons. The van der Waals surface area contributed by atoms with E-state index in [1.54, 1.807) is 6.92 Å². The molecule has 2 unspecified atom stereocenters. The van der Waals surface area contributed by atoms with Crippen LogP contribution in [0, 0.1) is 0 Å². The Bertz CT molecular complexity index is 386. The van der Waals surface area contributed by atoms with Crippen LogP contribution < -0.4 is 5.32 Å². The minimum Gasteiger partial charge on any atom is -0.368 e. The Labute approximate surface area is 95.5 Å². The van der Waals surface area contributed by atoms with Crippen LogP contribution in [0.4, 0.5) is 0 Å². The van der Waals surface area contributed by atoms with E-state index in [2.05, 4.69) is 5.32 Å². The van der Waals surface area contributed by atoms with Crippen LogP contribution in [0.1, 0.15) is 26.2 Å². The number of hydrogen-bond donors (Lipinski definition) is 1. The van der Waals surface area contributed by atoms with E-state index >= 15 is 0 Å². The molecule has 2 rings (SSSR count). The van der Waals surface area contributed by atoms with E-state index in [0.717, 1.165) is 12.8 Å². The van der Waals surface area contributed by atoms with Crippen molar-refractivity contribution in [3.8, 4) is 0 Å². The molecule has 0 spiro atoms. The van der Waals surface area contributed by atoms with Crippen molar-refractivity contribution in [2.75, 3.05) is 18.1 Å². The molecule has 1 N–H and O–H groups in total. The summed E-state index contributed by atoms with van der Waals surface area (Å²) in [5, 5.41) is 2.81. The summed E-state index contributed by atoms with van der Waals surface area (Å²) < 4.78 is 28.0. The maximum absolute atomic E-state index is 11.8. The molecule has 2 saturated heterocycles. The summed E-state index contributed by atoms with van der Waals surface area (Å²) in [5.41, 5.74) is -0.609. The largest absolute Gasteiger partial charge is 0.368 e. The number of sulfone groups is 1. The van der Waals surface area contributed by atoms with Crippen LogP contribution in [0.25, 0.3) is 0 Å². The lowest BCUT2D eigenvalue weighted by Gasteiger charge is -2.25. The lowest BCUT2D eigenvalue weighted by Crippen LogP contribution is -2.50. The topological polar surface area (TPSA) is 72.5 Å². The molecule has 6 heteroatoms. The fraction of sp³-hybridized carbons (Fsp3) is 0.900. The normalized spacial score (nSPS) is 37.4. The molecule has 0 saturated carbocycles. The van der Waals surface area contributed by atoms with Crippen molar-refractivity contribution in [2.24, 2.45) is 0 Å². The highest BCUT2D eigenvalue weighted by Gasteiger charge is 2.40. The van der Waals surface area contributed by atoms with Crippen LogP contribution in [0.2, 0.25) is 0 Å². The van der Waals surface area contributed by atoms with E-state index in [0.29, 0.717) is 13.0 Å². The maximum atomic E-state index is 11.8. The molecule has 0 aliphatic carbocycles. The van der Waals surface area contributed by atoms with E-state index < -0.39 is 15.4 Å². The van der Waals surface area contributed by atoms with Crippen molar-refractivity contribution >= 4 is 15.7 Å². The third-order valence-electron chi connectivity index (χ3n) is 3.15. The lowest BCUT2D eigenvalue weighted by atomic mass is 10.0. The Hall–Kier alpha value is -0.620. The zero-order valence-corrected chi connectivity index (χ0v) is 10.2. The van der Waals surface area contributed by atoms with Crippen LogP contribution in [-0.4, -0.2) is 44.1 Å². The standard InChI is InChI=1S/C10H17NO4S/c1-10(4-6-16(13,14)7-10)11-9(12)8-3-2-5-15-8/h8H,2-7H2,1H3,(H,11,12). The molecule has 0 bridgehead atoms. The molecule has 2 atom stereocenters. The number of carbonyl (C=O) groups excluding carboxylic acids is 1. The second-order valence-electron chi connectivity index (χ2n) is 4.89. The van der Waals surface area contributed by atoms with Gasteiger partial charge in [-0.25, -0.2) is 8.42 Å². The van der Waals surface area contributed by atoms with Gasteiger partial charge in [-0.15, -0.1) is 0 Å². The van der Waals surface area contributed by atoms with Crippen molar-refractivity contribution in [2.45, 2.75) is 37.8 Å². The molecule has 2 aliphatic rings. The summed E-state index contributed by atoms with van der Waals surface area (Å²) in [6, 6.07) is 0. The quantitative estimate of drug-likeness (QED) is 0.737. The Morgan fingerprint density at radius 1 is 1.50 bits per heavy atom. The SMILES string of the molecule is CC1(NC(=O)C2CCCO2)CCS(=O)(=O)C1. The van der Waals surface area contributed by atoms with E-state index in [4.69, 9.17) is 4.74 Å². The Morgan fingerprint density at radius 3 is 2.75 bits per heavy atom. The smallest absolute Gasteiger partial charge is 0.249 e. The molecule has 0 aromatic heterocycles. The van der Waals surface area contributed by atoms with E-state index in [1.807, 2.05) is 0 Å². The molecule has 2 heterocycles. The van der Waals surface area contributed by atoms with Crippen LogP contribution in [0.5, 0.6) is 0 Å². The first kappa shape index (κ1) is 11.9. The van der Waals surface area contributed by atoms with Gasteiger partial charge in [-0.2, -0.15) is 0 Å². The van der Waals surface area contributed by atoms with Crippen LogP contribution in [0.15, 0.2) is 0 Å². The second kappa shape index (κ2) is 4.00. The van der Waals surface area contributed by atoms with Crippen LogP contribution in [-0.2, 0) is 19.4 Å². The first-order valence-corrected chi connectivity index (χ1v) is 7.36. The molecular weight excluding hydrogens is 230 g/mol. The van der Waals surface area contributed by atoms with Gasteiger partial charge in [-0.1, -0.05) is 0 Å². The predicted octanol–water partition coefficient (Wildman–Crippen LogP) is -0.141. The fourth-order valence-corrected chi connectivity index (χ4v) is 4.36. The van der Waals surface area contributed by atoms with Gasteiger partial charge < -0.3 is 10.1 Å². The summed E-state index contributed by atoms with van der Waals surface area (Å²) in [4.78, 5) is 11.8. The van der Waals surface area contributed by atoms with Gasteiger partial charge in [0, 0.05) is 6.61 Å². The van der Waals surface area contributed by atoms with E-state index in [9.17, 15) is 13.2 Å². The lowest BCUT2D eigenvalue weighted by molar-refractivity contribution is -0.131. The number of carbonyl (C=O) groups is 1. The average molecular weight is 247 g/mol.